The van der Waals surface area contributed by atoms with Crippen molar-refractivity contribution in [3.05, 3.63) is 58.6 Å². The van der Waals surface area contributed by atoms with E-state index in [2.05, 4.69) is 21.2 Å². The number of anilines is 1. The van der Waals surface area contributed by atoms with E-state index in [0.717, 1.165) is 4.47 Å². The summed E-state index contributed by atoms with van der Waals surface area (Å²) in [5.41, 5.74) is 0.676. The summed E-state index contributed by atoms with van der Waals surface area (Å²) in [6.45, 7) is -0.466. The minimum atomic E-state index is -3.79. The number of nitrogens with one attached hydrogen (secondary N) is 1. The van der Waals surface area contributed by atoms with Crippen LogP contribution in [0.4, 0.5) is 5.69 Å². The second kappa shape index (κ2) is 7.56. The number of hydrogen-bond donors (Lipinski definition) is 2. The quantitative estimate of drug-likeness (QED) is 0.727. The number of hydrogen-bond acceptors (Lipinski definition) is 5. The molecular formula is C15H13BrN2O5S. The molecule has 0 fully saturated rings. The van der Waals surface area contributed by atoms with Crippen LogP contribution in [-0.4, -0.2) is 26.9 Å². The lowest BCUT2D eigenvalue weighted by atomic mass is 10.2. The van der Waals surface area contributed by atoms with E-state index in [4.69, 9.17) is 9.88 Å². The first-order valence-electron chi connectivity index (χ1n) is 6.61. The van der Waals surface area contributed by atoms with E-state index < -0.39 is 28.5 Å². The highest BCUT2D eigenvalue weighted by molar-refractivity contribution is 9.10. The lowest BCUT2D eigenvalue weighted by molar-refractivity contribution is -0.119. The van der Waals surface area contributed by atoms with Crippen molar-refractivity contribution < 1.29 is 22.7 Å². The third kappa shape index (κ3) is 5.15. The minimum Gasteiger partial charge on any atom is -0.452 e. The molecule has 0 aliphatic rings. The Balaban J connectivity index is 1.89. The van der Waals surface area contributed by atoms with Gasteiger partial charge in [0.15, 0.2) is 6.61 Å². The number of nitrogens with two attached hydrogens (primary N) is 1. The maximum atomic E-state index is 11.8. The molecular weight excluding hydrogens is 400 g/mol. The van der Waals surface area contributed by atoms with Gasteiger partial charge in [-0.2, -0.15) is 0 Å². The monoisotopic (exact) mass is 412 g/mol. The third-order valence-corrected chi connectivity index (χ3v) is 4.34. The number of carbonyl (C=O) groups is 2. The van der Waals surface area contributed by atoms with Crippen LogP contribution >= 0.6 is 15.9 Å². The lowest BCUT2D eigenvalue weighted by Gasteiger charge is -2.07. The molecule has 126 valence electrons. The number of esters is 1. The van der Waals surface area contributed by atoms with Crippen LogP contribution in [0.25, 0.3) is 0 Å². The molecule has 7 nitrogen and oxygen atoms in total. The Kier molecular flexibility index (Phi) is 5.71. The fourth-order valence-corrected chi connectivity index (χ4v) is 2.51. The minimum absolute atomic E-state index is 0.0674. The van der Waals surface area contributed by atoms with E-state index in [1.165, 1.54) is 24.3 Å². The molecule has 0 heterocycles. The van der Waals surface area contributed by atoms with Crippen LogP contribution in [0, 0.1) is 0 Å². The van der Waals surface area contributed by atoms with Crippen LogP contribution in [0.2, 0.25) is 0 Å². The van der Waals surface area contributed by atoms with Gasteiger partial charge in [0.25, 0.3) is 5.91 Å². The summed E-state index contributed by atoms with van der Waals surface area (Å²) >= 11 is 3.25. The van der Waals surface area contributed by atoms with Crippen molar-refractivity contribution in [2.24, 2.45) is 5.14 Å². The molecule has 0 spiro atoms. The Morgan fingerprint density at radius 1 is 1.04 bits per heavy atom. The maximum absolute atomic E-state index is 11.8. The Bertz CT molecular complexity index is 848. The second-order valence-corrected chi connectivity index (χ2v) is 7.18. The van der Waals surface area contributed by atoms with Crippen molar-refractivity contribution in [3.63, 3.8) is 0 Å². The first-order valence-corrected chi connectivity index (χ1v) is 8.95. The Morgan fingerprint density at radius 3 is 2.17 bits per heavy atom. The summed E-state index contributed by atoms with van der Waals surface area (Å²) < 4.78 is 28.0. The molecule has 1 amide bonds. The molecule has 24 heavy (non-hydrogen) atoms. The molecule has 0 aliphatic heterocycles. The molecule has 2 aromatic carbocycles. The fraction of sp³-hybridized carbons (Fsp3) is 0.0667. The zero-order valence-electron chi connectivity index (χ0n) is 12.2. The molecule has 0 atom stereocenters. The molecule has 0 radical (unpaired) electrons. The van der Waals surface area contributed by atoms with Gasteiger partial charge in [-0.05, 0) is 48.5 Å². The Labute approximate surface area is 147 Å². The molecule has 2 aromatic rings. The van der Waals surface area contributed by atoms with Gasteiger partial charge in [0.2, 0.25) is 10.0 Å². The number of rotatable bonds is 5. The molecule has 2 rings (SSSR count). The normalized spacial score (nSPS) is 10.9. The molecule has 3 N–H and O–H groups in total. The molecule has 0 bridgehead atoms. The van der Waals surface area contributed by atoms with E-state index in [-0.39, 0.29) is 4.90 Å². The zero-order chi connectivity index (χ0) is 17.7. The molecule has 0 aliphatic carbocycles. The van der Waals surface area contributed by atoms with Crippen LogP contribution in [0.5, 0.6) is 0 Å². The summed E-state index contributed by atoms with van der Waals surface area (Å²) in [5.74, 6) is -1.17. The predicted molar refractivity (Wildman–Crippen MR) is 90.9 cm³/mol. The number of sulfonamides is 1. The van der Waals surface area contributed by atoms with Crippen molar-refractivity contribution in [1.29, 1.82) is 0 Å². The number of amides is 1. The summed E-state index contributed by atoms with van der Waals surface area (Å²) in [7, 11) is -3.79. The summed E-state index contributed by atoms with van der Waals surface area (Å²) in [5, 5.41) is 7.46. The molecule has 0 aromatic heterocycles. The van der Waals surface area contributed by atoms with Gasteiger partial charge in [0.1, 0.15) is 0 Å². The van der Waals surface area contributed by atoms with E-state index in [1.807, 2.05) is 0 Å². The highest BCUT2D eigenvalue weighted by Crippen LogP contribution is 2.13. The highest BCUT2D eigenvalue weighted by atomic mass is 79.9. The van der Waals surface area contributed by atoms with Gasteiger partial charge in [-0.3, -0.25) is 4.79 Å². The highest BCUT2D eigenvalue weighted by Gasteiger charge is 2.11. The average Bonchev–Trinajstić information content (AvgIpc) is 2.53. The van der Waals surface area contributed by atoms with Crippen molar-refractivity contribution in [1.82, 2.24) is 0 Å². The lowest BCUT2D eigenvalue weighted by Crippen LogP contribution is -2.21. The summed E-state index contributed by atoms with van der Waals surface area (Å²) in [6, 6.07) is 11.8. The van der Waals surface area contributed by atoms with E-state index in [9.17, 15) is 18.0 Å². The first kappa shape index (κ1) is 18.1. The predicted octanol–water partition coefficient (Wildman–Crippen LogP) is 1.89. The first-order chi connectivity index (χ1) is 11.3. The molecule has 9 heteroatoms. The van der Waals surface area contributed by atoms with Crippen molar-refractivity contribution in [2.45, 2.75) is 4.90 Å². The largest absolute Gasteiger partial charge is 0.452 e. The SMILES string of the molecule is NS(=O)(=O)c1ccc(NC(=O)COC(=O)c2ccc(Br)cc2)cc1. The maximum Gasteiger partial charge on any atom is 0.338 e. The van der Waals surface area contributed by atoms with Crippen LogP contribution in [-0.2, 0) is 19.6 Å². The Morgan fingerprint density at radius 2 is 1.62 bits per heavy atom. The number of carbonyl (C=O) groups excluding carboxylic acids is 2. The van der Waals surface area contributed by atoms with Gasteiger partial charge in [-0.15, -0.1) is 0 Å². The number of halogens is 1. The average molecular weight is 413 g/mol. The van der Waals surface area contributed by atoms with Gasteiger partial charge >= 0.3 is 5.97 Å². The number of primary sulfonamides is 1. The van der Waals surface area contributed by atoms with Crippen molar-refractivity contribution >= 4 is 43.5 Å². The molecule has 0 saturated heterocycles. The van der Waals surface area contributed by atoms with Crippen LogP contribution in [0.1, 0.15) is 10.4 Å². The Hall–Kier alpha value is -2.23. The topological polar surface area (TPSA) is 116 Å². The number of ether oxygens (including phenoxy) is 1. The van der Waals surface area contributed by atoms with Crippen molar-refractivity contribution in [3.8, 4) is 0 Å². The van der Waals surface area contributed by atoms with Crippen molar-refractivity contribution in [2.75, 3.05) is 11.9 Å². The van der Waals surface area contributed by atoms with Crippen LogP contribution in [0.15, 0.2) is 57.9 Å². The van der Waals surface area contributed by atoms with Gasteiger partial charge < -0.3 is 10.1 Å². The third-order valence-electron chi connectivity index (χ3n) is 2.88. The molecule has 0 unspecified atom stereocenters. The van der Waals surface area contributed by atoms with E-state index >= 15 is 0 Å². The van der Waals surface area contributed by atoms with Crippen LogP contribution < -0.4 is 10.5 Å². The zero-order valence-corrected chi connectivity index (χ0v) is 14.6. The smallest absolute Gasteiger partial charge is 0.338 e. The number of benzene rings is 2. The van der Waals surface area contributed by atoms with E-state index in [0.29, 0.717) is 11.3 Å². The van der Waals surface area contributed by atoms with Gasteiger partial charge in [-0.1, -0.05) is 15.9 Å². The fourth-order valence-electron chi connectivity index (χ4n) is 1.73. The van der Waals surface area contributed by atoms with Crippen LogP contribution in [0.3, 0.4) is 0 Å². The van der Waals surface area contributed by atoms with E-state index in [1.54, 1.807) is 24.3 Å². The molecule has 0 saturated carbocycles. The van der Waals surface area contributed by atoms with Gasteiger partial charge in [0, 0.05) is 10.2 Å². The van der Waals surface area contributed by atoms with Gasteiger partial charge in [-0.25, -0.2) is 18.4 Å². The van der Waals surface area contributed by atoms with Gasteiger partial charge in [0.05, 0.1) is 10.5 Å². The standard InChI is InChI=1S/C15H13BrN2O5S/c16-11-3-1-10(2-4-11)15(20)23-9-14(19)18-12-5-7-13(8-6-12)24(17,21)22/h1-8H,9H2,(H,18,19)(H2,17,21,22). The summed E-state index contributed by atoms with van der Waals surface area (Å²) in [4.78, 5) is 23.4. The second-order valence-electron chi connectivity index (χ2n) is 4.70. The summed E-state index contributed by atoms with van der Waals surface area (Å²) in [6.07, 6.45) is 0.